The minimum atomic E-state index is 0.802. The van der Waals surface area contributed by atoms with Gasteiger partial charge in [0.25, 0.3) is 0 Å². The van der Waals surface area contributed by atoms with Gasteiger partial charge in [0.1, 0.15) is 11.3 Å². The molecule has 0 aliphatic heterocycles. The van der Waals surface area contributed by atoms with E-state index in [2.05, 4.69) is 30.3 Å². The summed E-state index contributed by atoms with van der Waals surface area (Å²) in [5.41, 5.74) is 4.12. The van der Waals surface area contributed by atoms with Crippen LogP contribution in [0.5, 0.6) is 5.75 Å². The molecular weight excluding hydrogens is 258 g/mol. The van der Waals surface area contributed by atoms with Crippen molar-refractivity contribution < 1.29 is 4.74 Å². The SMILES string of the molecule is C/C=C\c1cc(-c2ccccc2)nc2c(OC)cccc12. The van der Waals surface area contributed by atoms with Gasteiger partial charge in [0.15, 0.2) is 0 Å². The van der Waals surface area contributed by atoms with E-state index in [0.29, 0.717) is 0 Å². The van der Waals surface area contributed by atoms with Crippen molar-refractivity contribution in [3.8, 4) is 17.0 Å². The summed E-state index contributed by atoms with van der Waals surface area (Å²) in [5, 5.41) is 1.10. The highest BCUT2D eigenvalue weighted by Gasteiger charge is 2.09. The Hall–Kier alpha value is -2.61. The first-order valence-corrected chi connectivity index (χ1v) is 6.99. The summed E-state index contributed by atoms with van der Waals surface area (Å²) in [5.74, 6) is 0.802. The van der Waals surface area contributed by atoms with Crippen molar-refractivity contribution >= 4 is 17.0 Å². The van der Waals surface area contributed by atoms with Gasteiger partial charge in [-0.1, -0.05) is 54.6 Å². The number of methoxy groups -OCH3 is 1. The lowest BCUT2D eigenvalue weighted by atomic mass is 10.0. The van der Waals surface area contributed by atoms with Crippen LogP contribution in [-0.2, 0) is 0 Å². The number of hydrogen-bond acceptors (Lipinski definition) is 2. The molecule has 0 aliphatic carbocycles. The van der Waals surface area contributed by atoms with Gasteiger partial charge in [0.2, 0.25) is 0 Å². The fraction of sp³-hybridized carbons (Fsp3) is 0.105. The minimum absolute atomic E-state index is 0.802. The molecule has 1 heterocycles. The Morgan fingerprint density at radius 1 is 1.00 bits per heavy atom. The molecule has 0 unspecified atom stereocenters. The second kappa shape index (κ2) is 5.80. The quantitative estimate of drug-likeness (QED) is 0.675. The summed E-state index contributed by atoms with van der Waals surface area (Å²) in [6.45, 7) is 2.02. The number of pyridine rings is 1. The Bertz CT molecular complexity index is 791. The molecule has 0 bridgehead atoms. The Labute approximate surface area is 124 Å². The number of hydrogen-bond donors (Lipinski definition) is 0. The lowest BCUT2D eigenvalue weighted by Crippen LogP contribution is -1.92. The molecule has 0 atom stereocenters. The summed E-state index contributed by atoms with van der Waals surface area (Å²) < 4.78 is 5.46. The van der Waals surface area contributed by atoms with Gasteiger partial charge in [-0.15, -0.1) is 0 Å². The van der Waals surface area contributed by atoms with Gasteiger partial charge in [-0.2, -0.15) is 0 Å². The highest BCUT2D eigenvalue weighted by molar-refractivity contribution is 5.93. The van der Waals surface area contributed by atoms with E-state index in [1.165, 1.54) is 0 Å². The van der Waals surface area contributed by atoms with E-state index >= 15 is 0 Å². The van der Waals surface area contributed by atoms with Crippen LogP contribution in [0.25, 0.3) is 28.2 Å². The predicted octanol–water partition coefficient (Wildman–Crippen LogP) is 4.94. The zero-order valence-corrected chi connectivity index (χ0v) is 12.2. The first kappa shape index (κ1) is 13.4. The first-order chi connectivity index (χ1) is 10.3. The molecule has 0 aliphatic rings. The van der Waals surface area contributed by atoms with Crippen LogP contribution in [-0.4, -0.2) is 12.1 Å². The van der Waals surface area contributed by atoms with Crippen molar-refractivity contribution in [3.63, 3.8) is 0 Å². The standard InChI is InChI=1S/C19H17NO/c1-3-8-15-13-17(14-9-5-4-6-10-14)20-19-16(15)11-7-12-18(19)21-2/h3-13H,1-2H3/b8-3-. The number of ether oxygens (including phenoxy) is 1. The fourth-order valence-electron chi connectivity index (χ4n) is 2.49. The fourth-order valence-corrected chi connectivity index (χ4v) is 2.49. The molecule has 0 radical (unpaired) electrons. The van der Waals surface area contributed by atoms with E-state index in [1.807, 2.05) is 43.3 Å². The Morgan fingerprint density at radius 3 is 2.52 bits per heavy atom. The van der Waals surface area contributed by atoms with Gasteiger partial charge >= 0.3 is 0 Å². The maximum atomic E-state index is 5.46. The maximum absolute atomic E-state index is 5.46. The molecular formula is C19H17NO. The van der Waals surface area contributed by atoms with E-state index in [9.17, 15) is 0 Å². The van der Waals surface area contributed by atoms with Crippen molar-refractivity contribution in [1.82, 2.24) is 4.98 Å². The van der Waals surface area contributed by atoms with E-state index in [-0.39, 0.29) is 0 Å². The van der Waals surface area contributed by atoms with Crippen molar-refractivity contribution in [2.24, 2.45) is 0 Å². The zero-order chi connectivity index (χ0) is 14.7. The number of fused-ring (bicyclic) bond motifs is 1. The summed E-state index contributed by atoms with van der Waals surface area (Å²) in [4.78, 5) is 4.80. The summed E-state index contributed by atoms with van der Waals surface area (Å²) in [6.07, 6.45) is 4.15. The molecule has 0 saturated heterocycles. The van der Waals surface area contributed by atoms with Crippen molar-refractivity contribution in [3.05, 3.63) is 66.2 Å². The molecule has 3 aromatic rings. The van der Waals surface area contributed by atoms with Crippen LogP contribution >= 0.6 is 0 Å². The van der Waals surface area contributed by atoms with Gasteiger partial charge in [-0.3, -0.25) is 0 Å². The van der Waals surface area contributed by atoms with Crippen LogP contribution in [0.3, 0.4) is 0 Å². The van der Waals surface area contributed by atoms with Gasteiger partial charge in [-0.25, -0.2) is 4.98 Å². The van der Waals surface area contributed by atoms with E-state index in [1.54, 1.807) is 7.11 Å². The highest BCUT2D eigenvalue weighted by atomic mass is 16.5. The van der Waals surface area contributed by atoms with Gasteiger partial charge in [0.05, 0.1) is 12.8 Å². The average Bonchev–Trinajstić information content (AvgIpc) is 2.55. The molecule has 0 spiro atoms. The van der Waals surface area contributed by atoms with Gasteiger partial charge in [0, 0.05) is 10.9 Å². The Kier molecular flexibility index (Phi) is 3.69. The highest BCUT2D eigenvalue weighted by Crippen LogP contribution is 2.30. The molecule has 0 N–H and O–H groups in total. The summed E-state index contributed by atoms with van der Waals surface area (Å²) >= 11 is 0. The lowest BCUT2D eigenvalue weighted by molar-refractivity contribution is 0.419. The Balaban J connectivity index is 2.33. The third kappa shape index (κ3) is 2.52. The number of allylic oxidation sites excluding steroid dienone is 1. The average molecular weight is 275 g/mol. The lowest BCUT2D eigenvalue weighted by Gasteiger charge is -2.10. The number of rotatable bonds is 3. The molecule has 1 aromatic heterocycles. The van der Waals surface area contributed by atoms with Crippen LogP contribution in [0.1, 0.15) is 12.5 Å². The molecule has 0 amide bonds. The third-order valence-corrected chi connectivity index (χ3v) is 3.47. The van der Waals surface area contributed by atoms with Crippen LogP contribution in [0.2, 0.25) is 0 Å². The minimum Gasteiger partial charge on any atom is -0.494 e. The molecule has 104 valence electrons. The maximum Gasteiger partial charge on any atom is 0.145 e. The molecule has 0 saturated carbocycles. The van der Waals surface area contributed by atoms with E-state index < -0.39 is 0 Å². The predicted molar refractivity (Wildman–Crippen MR) is 88.4 cm³/mol. The topological polar surface area (TPSA) is 22.1 Å². The van der Waals surface area contributed by atoms with Crippen molar-refractivity contribution in [2.45, 2.75) is 6.92 Å². The summed E-state index contributed by atoms with van der Waals surface area (Å²) in [7, 11) is 1.68. The molecule has 0 fully saturated rings. The first-order valence-electron chi connectivity index (χ1n) is 6.99. The largest absolute Gasteiger partial charge is 0.494 e. The molecule has 2 aromatic carbocycles. The number of aromatic nitrogens is 1. The summed E-state index contributed by atoms with van der Waals surface area (Å²) in [6, 6.07) is 18.4. The van der Waals surface area contributed by atoms with Crippen molar-refractivity contribution in [2.75, 3.05) is 7.11 Å². The van der Waals surface area contributed by atoms with Crippen LogP contribution < -0.4 is 4.74 Å². The van der Waals surface area contributed by atoms with E-state index in [0.717, 1.165) is 33.5 Å². The van der Waals surface area contributed by atoms with Gasteiger partial charge < -0.3 is 4.74 Å². The molecule has 21 heavy (non-hydrogen) atoms. The Morgan fingerprint density at radius 2 is 1.81 bits per heavy atom. The monoisotopic (exact) mass is 275 g/mol. The zero-order valence-electron chi connectivity index (χ0n) is 12.2. The number of nitrogens with zero attached hydrogens (tertiary/aromatic N) is 1. The second-order valence-corrected chi connectivity index (χ2v) is 4.82. The second-order valence-electron chi connectivity index (χ2n) is 4.82. The van der Waals surface area contributed by atoms with Crippen LogP contribution in [0.4, 0.5) is 0 Å². The van der Waals surface area contributed by atoms with Crippen LogP contribution in [0, 0.1) is 0 Å². The van der Waals surface area contributed by atoms with E-state index in [4.69, 9.17) is 9.72 Å². The number of benzene rings is 2. The molecule has 3 rings (SSSR count). The number of para-hydroxylation sites is 1. The van der Waals surface area contributed by atoms with Crippen molar-refractivity contribution in [1.29, 1.82) is 0 Å². The molecule has 2 nitrogen and oxygen atoms in total. The normalized spacial score (nSPS) is 11.1. The van der Waals surface area contributed by atoms with Crippen LogP contribution in [0.15, 0.2) is 60.7 Å². The third-order valence-electron chi connectivity index (χ3n) is 3.47. The molecule has 2 heteroatoms. The van der Waals surface area contributed by atoms with Gasteiger partial charge in [-0.05, 0) is 24.6 Å². The smallest absolute Gasteiger partial charge is 0.145 e.